The number of ether oxygens (including phenoxy) is 2. The highest BCUT2D eigenvalue weighted by atomic mass is 35.5. The fourth-order valence-corrected chi connectivity index (χ4v) is 2.57. The Morgan fingerprint density at radius 1 is 1.44 bits per heavy atom. The lowest BCUT2D eigenvalue weighted by molar-refractivity contribution is -0.0482. The molecular weight excluding hydrogens is 247 g/mol. The second-order valence-corrected chi connectivity index (χ2v) is 4.88. The Morgan fingerprint density at radius 2 is 2.12 bits per heavy atom. The predicted octanol–water partition coefficient (Wildman–Crippen LogP) is 3.16. The summed E-state index contributed by atoms with van der Waals surface area (Å²) in [5.74, 6) is 1.25. The summed E-state index contributed by atoms with van der Waals surface area (Å²) in [5.41, 5.74) is 2.24. The maximum absolute atomic E-state index is 6.14. The van der Waals surface area contributed by atoms with Crippen LogP contribution in [0.2, 0.25) is 5.02 Å². The molecule has 1 saturated heterocycles. The molecule has 0 aliphatic carbocycles. The van der Waals surface area contributed by atoms with E-state index in [1.807, 2.05) is 19.1 Å². The van der Waals surface area contributed by atoms with Crippen molar-refractivity contribution in [1.82, 2.24) is 0 Å². The maximum atomic E-state index is 6.14. The first-order valence-electron chi connectivity index (χ1n) is 5.11. The predicted molar refractivity (Wildman–Crippen MR) is 66.0 cm³/mol. The molecular formula is C12H14Cl2O2. The van der Waals surface area contributed by atoms with Gasteiger partial charge in [0.2, 0.25) is 0 Å². The Labute approximate surface area is 105 Å². The molecule has 16 heavy (non-hydrogen) atoms. The lowest BCUT2D eigenvalue weighted by Crippen LogP contribution is -2.48. The summed E-state index contributed by atoms with van der Waals surface area (Å²) >= 11 is 12.2. The molecule has 0 unspecified atom stereocenters. The van der Waals surface area contributed by atoms with Crippen LogP contribution in [0.4, 0.5) is 0 Å². The highest BCUT2D eigenvalue weighted by Gasteiger charge is 2.41. The molecule has 2 nitrogen and oxygen atoms in total. The van der Waals surface area contributed by atoms with Gasteiger partial charge < -0.3 is 9.47 Å². The lowest BCUT2D eigenvalue weighted by Gasteiger charge is -2.41. The molecule has 0 saturated carbocycles. The monoisotopic (exact) mass is 260 g/mol. The third kappa shape index (κ3) is 1.79. The van der Waals surface area contributed by atoms with Crippen molar-refractivity contribution in [2.45, 2.75) is 12.3 Å². The van der Waals surface area contributed by atoms with Crippen LogP contribution in [0.3, 0.4) is 0 Å². The number of aryl methyl sites for hydroxylation is 1. The maximum Gasteiger partial charge on any atom is 0.137 e. The van der Waals surface area contributed by atoms with Crippen molar-refractivity contribution in [2.75, 3.05) is 26.2 Å². The molecule has 0 aromatic heterocycles. The van der Waals surface area contributed by atoms with Crippen LogP contribution in [0.5, 0.6) is 5.75 Å². The molecule has 1 heterocycles. The van der Waals surface area contributed by atoms with Gasteiger partial charge in [0.05, 0.1) is 30.8 Å². The third-order valence-corrected chi connectivity index (χ3v) is 3.89. The zero-order chi connectivity index (χ0) is 11.8. The number of hydrogen-bond acceptors (Lipinski definition) is 2. The second-order valence-electron chi connectivity index (χ2n) is 4.21. The van der Waals surface area contributed by atoms with Gasteiger partial charge in [0.25, 0.3) is 0 Å². The van der Waals surface area contributed by atoms with Crippen LogP contribution in [-0.2, 0) is 10.2 Å². The van der Waals surface area contributed by atoms with Crippen LogP contribution in [0.25, 0.3) is 0 Å². The second kappa shape index (κ2) is 4.44. The fraction of sp³-hybridized carbons (Fsp3) is 0.500. The van der Waals surface area contributed by atoms with Gasteiger partial charge in [-0.05, 0) is 30.2 Å². The van der Waals surface area contributed by atoms with E-state index in [1.54, 1.807) is 7.11 Å². The summed E-state index contributed by atoms with van der Waals surface area (Å²) in [5, 5.41) is 0.625. The number of halogens is 2. The molecule has 0 atom stereocenters. The minimum absolute atomic E-state index is 0.0679. The Kier molecular flexibility index (Phi) is 3.34. The van der Waals surface area contributed by atoms with Crippen molar-refractivity contribution in [1.29, 1.82) is 0 Å². The smallest absolute Gasteiger partial charge is 0.137 e. The summed E-state index contributed by atoms with van der Waals surface area (Å²) in [6.45, 7) is 3.38. The van der Waals surface area contributed by atoms with Crippen molar-refractivity contribution in [3.63, 3.8) is 0 Å². The Hall–Kier alpha value is -0.440. The van der Waals surface area contributed by atoms with E-state index in [0.717, 1.165) is 5.56 Å². The SMILES string of the molecule is COc1cc(C)c(C2(CCl)COC2)cc1Cl. The molecule has 0 N–H and O–H groups in total. The van der Waals surface area contributed by atoms with Crippen LogP contribution < -0.4 is 4.74 Å². The summed E-state index contributed by atoms with van der Waals surface area (Å²) in [4.78, 5) is 0. The number of benzene rings is 1. The van der Waals surface area contributed by atoms with E-state index in [9.17, 15) is 0 Å². The number of methoxy groups -OCH3 is 1. The van der Waals surface area contributed by atoms with Gasteiger partial charge in [-0.1, -0.05) is 11.6 Å². The fourth-order valence-electron chi connectivity index (χ4n) is 2.04. The highest BCUT2D eigenvalue weighted by Crippen LogP contribution is 2.39. The van der Waals surface area contributed by atoms with Crippen molar-refractivity contribution >= 4 is 23.2 Å². The first-order valence-corrected chi connectivity index (χ1v) is 6.02. The molecule has 4 heteroatoms. The normalized spacial score (nSPS) is 18.0. The van der Waals surface area contributed by atoms with Gasteiger partial charge in [0, 0.05) is 5.88 Å². The Bertz CT molecular complexity index is 395. The summed E-state index contributed by atoms with van der Waals surface area (Å²) in [7, 11) is 1.62. The summed E-state index contributed by atoms with van der Waals surface area (Å²) in [6.07, 6.45) is 0. The standard InChI is InChI=1S/C12H14Cl2O2/c1-8-3-11(15-2)10(14)4-9(8)12(5-13)6-16-7-12/h3-4H,5-7H2,1-2H3. The zero-order valence-corrected chi connectivity index (χ0v) is 10.9. The van der Waals surface area contributed by atoms with Crippen LogP contribution in [-0.4, -0.2) is 26.2 Å². The van der Waals surface area contributed by atoms with Crippen molar-refractivity contribution in [3.05, 3.63) is 28.3 Å². The number of alkyl halides is 1. The van der Waals surface area contributed by atoms with E-state index in [1.165, 1.54) is 5.56 Å². The van der Waals surface area contributed by atoms with Gasteiger partial charge in [0.15, 0.2) is 0 Å². The molecule has 1 aromatic rings. The molecule has 1 aliphatic heterocycles. The van der Waals surface area contributed by atoms with E-state index in [4.69, 9.17) is 32.7 Å². The van der Waals surface area contributed by atoms with Gasteiger partial charge >= 0.3 is 0 Å². The molecule has 1 aliphatic rings. The van der Waals surface area contributed by atoms with E-state index < -0.39 is 0 Å². The molecule has 0 radical (unpaired) electrons. The Balaban J connectivity index is 2.45. The van der Waals surface area contributed by atoms with Crippen LogP contribution in [0, 0.1) is 6.92 Å². The molecule has 2 rings (SSSR count). The van der Waals surface area contributed by atoms with Crippen molar-refractivity contribution in [2.24, 2.45) is 0 Å². The van der Waals surface area contributed by atoms with E-state index in [-0.39, 0.29) is 5.41 Å². The van der Waals surface area contributed by atoms with Crippen molar-refractivity contribution < 1.29 is 9.47 Å². The summed E-state index contributed by atoms with van der Waals surface area (Å²) in [6, 6.07) is 3.89. The topological polar surface area (TPSA) is 18.5 Å². The highest BCUT2D eigenvalue weighted by molar-refractivity contribution is 6.32. The minimum atomic E-state index is -0.0679. The van der Waals surface area contributed by atoms with E-state index in [0.29, 0.717) is 29.9 Å². The largest absolute Gasteiger partial charge is 0.495 e. The lowest BCUT2D eigenvalue weighted by atomic mass is 9.78. The Morgan fingerprint density at radius 3 is 2.56 bits per heavy atom. The van der Waals surface area contributed by atoms with Crippen LogP contribution >= 0.6 is 23.2 Å². The average molecular weight is 261 g/mol. The minimum Gasteiger partial charge on any atom is -0.495 e. The summed E-state index contributed by atoms with van der Waals surface area (Å²) < 4.78 is 10.5. The molecule has 1 aromatic carbocycles. The van der Waals surface area contributed by atoms with Gasteiger partial charge in [-0.2, -0.15) is 0 Å². The molecule has 0 spiro atoms. The molecule has 88 valence electrons. The van der Waals surface area contributed by atoms with Crippen LogP contribution in [0.1, 0.15) is 11.1 Å². The number of hydrogen-bond donors (Lipinski definition) is 0. The van der Waals surface area contributed by atoms with Gasteiger partial charge in [0.1, 0.15) is 5.75 Å². The molecule has 1 fully saturated rings. The third-order valence-electron chi connectivity index (χ3n) is 3.08. The van der Waals surface area contributed by atoms with Crippen molar-refractivity contribution in [3.8, 4) is 5.75 Å². The first kappa shape index (κ1) is 12.0. The average Bonchev–Trinajstić information content (AvgIpc) is 2.22. The van der Waals surface area contributed by atoms with Gasteiger partial charge in [-0.3, -0.25) is 0 Å². The quantitative estimate of drug-likeness (QED) is 0.778. The van der Waals surface area contributed by atoms with E-state index in [2.05, 4.69) is 0 Å². The first-order chi connectivity index (χ1) is 7.63. The van der Waals surface area contributed by atoms with Crippen LogP contribution in [0.15, 0.2) is 12.1 Å². The molecule has 0 amide bonds. The molecule has 0 bridgehead atoms. The van der Waals surface area contributed by atoms with Gasteiger partial charge in [-0.25, -0.2) is 0 Å². The van der Waals surface area contributed by atoms with E-state index >= 15 is 0 Å². The zero-order valence-electron chi connectivity index (χ0n) is 9.35. The van der Waals surface area contributed by atoms with Gasteiger partial charge in [-0.15, -0.1) is 11.6 Å². The number of rotatable bonds is 3.